The molecule has 4 heteroatoms. The highest BCUT2D eigenvalue weighted by Gasteiger charge is 2.35. The maximum absolute atomic E-state index is 6.15. The molecule has 4 nitrogen and oxygen atoms in total. The monoisotopic (exact) mass is 544 g/mol. The standard InChI is InChI=1S/C37H36O4/c1-5-17-33(18-6-1)25-13-29-38-37(39-30-14-26-34-19-7-2-8-20-34,40-31-15-27-35-21-9-3-10-22-35)41-32-16-28-36-23-11-4-12-24-36/h1-28H,29-32H2. The van der Waals surface area contributed by atoms with Gasteiger partial charge in [0, 0.05) is 0 Å². The smallest absolute Gasteiger partial charge is 0.299 e. The Labute approximate surface area is 243 Å². The van der Waals surface area contributed by atoms with Crippen molar-refractivity contribution in [2.45, 2.75) is 6.16 Å². The zero-order chi connectivity index (χ0) is 28.3. The van der Waals surface area contributed by atoms with Gasteiger partial charge in [0.2, 0.25) is 0 Å². The Balaban J connectivity index is 1.47. The molecule has 4 aromatic rings. The fraction of sp³-hybridized carbons (Fsp3) is 0.135. The summed E-state index contributed by atoms with van der Waals surface area (Å²) in [5.41, 5.74) is 4.30. The molecule has 4 rings (SSSR count). The van der Waals surface area contributed by atoms with Crippen molar-refractivity contribution in [2.75, 3.05) is 26.4 Å². The molecule has 0 aliphatic carbocycles. The van der Waals surface area contributed by atoms with Crippen LogP contribution in [0.3, 0.4) is 0 Å². The van der Waals surface area contributed by atoms with Crippen LogP contribution in [0, 0.1) is 0 Å². The third kappa shape index (κ3) is 11.4. The van der Waals surface area contributed by atoms with E-state index >= 15 is 0 Å². The molecule has 0 N–H and O–H groups in total. The minimum absolute atomic E-state index is 0.224. The molecule has 4 aromatic carbocycles. The summed E-state index contributed by atoms with van der Waals surface area (Å²) >= 11 is 0. The maximum Gasteiger partial charge on any atom is 0.413 e. The van der Waals surface area contributed by atoms with Crippen molar-refractivity contribution in [2.24, 2.45) is 0 Å². The Morgan fingerprint density at radius 1 is 0.341 bits per heavy atom. The van der Waals surface area contributed by atoms with Crippen molar-refractivity contribution in [1.29, 1.82) is 0 Å². The molecule has 0 aliphatic rings. The van der Waals surface area contributed by atoms with Gasteiger partial charge in [-0.15, -0.1) is 0 Å². The van der Waals surface area contributed by atoms with Gasteiger partial charge in [-0.05, 0) is 22.3 Å². The van der Waals surface area contributed by atoms with Gasteiger partial charge >= 0.3 is 6.16 Å². The van der Waals surface area contributed by atoms with E-state index in [1.807, 2.05) is 170 Å². The number of hydrogen-bond acceptors (Lipinski definition) is 4. The second-order valence-electron chi connectivity index (χ2n) is 9.00. The Bertz CT molecular complexity index is 1140. The fourth-order valence-corrected chi connectivity index (χ4v) is 3.84. The van der Waals surface area contributed by atoms with Crippen molar-refractivity contribution in [3.63, 3.8) is 0 Å². The van der Waals surface area contributed by atoms with E-state index in [9.17, 15) is 0 Å². The van der Waals surface area contributed by atoms with E-state index in [0.717, 1.165) is 22.3 Å². The van der Waals surface area contributed by atoms with E-state index in [-0.39, 0.29) is 26.4 Å². The van der Waals surface area contributed by atoms with E-state index in [1.54, 1.807) is 0 Å². The summed E-state index contributed by atoms with van der Waals surface area (Å²) in [6.07, 6.45) is 13.9. The Morgan fingerprint density at radius 3 is 0.780 bits per heavy atom. The highest BCUT2D eigenvalue weighted by molar-refractivity contribution is 5.50. The molecule has 0 saturated heterocycles. The summed E-state index contributed by atoms with van der Waals surface area (Å²) in [6.45, 7) is 0.897. The average Bonchev–Trinajstić information content (AvgIpc) is 3.04. The molecule has 0 atom stereocenters. The van der Waals surface area contributed by atoms with Crippen molar-refractivity contribution in [3.8, 4) is 0 Å². The van der Waals surface area contributed by atoms with Crippen LogP contribution in [0.4, 0.5) is 0 Å². The van der Waals surface area contributed by atoms with Crippen LogP contribution in [-0.2, 0) is 18.9 Å². The van der Waals surface area contributed by atoms with E-state index in [1.165, 1.54) is 0 Å². The number of ether oxygens (including phenoxy) is 4. The first-order chi connectivity index (χ1) is 20.3. The fourth-order valence-electron chi connectivity index (χ4n) is 3.84. The highest BCUT2D eigenvalue weighted by atomic mass is 17.0. The summed E-state index contributed by atoms with van der Waals surface area (Å²) < 4.78 is 24.6. The lowest BCUT2D eigenvalue weighted by atomic mass is 10.2. The molecule has 0 heterocycles. The van der Waals surface area contributed by atoms with Crippen LogP contribution in [0.25, 0.3) is 24.3 Å². The molecular weight excluding hydrogens is 508 g/mol. The highest BCUT2D eigenvalue weighted by Crippen LogP contribution is 2.20. The van der Waals surface area contributed by atoms with Gasteiger partial charge in [0.05, 0.1) is 26.4 Å². The Hall–Kier alpha value is -4.32. The summed E-state index contributed by atoms with van der Waals surface area (Å²) in [5, 5.41) is 0. The quantitative estimate of drug-likeness (QED) is 0.133. The van der Waals surface area contributed by atoms with Crippen LogP contribution in [0.2, 0.25) is 0 Å². The van der Waals surface area contributed by atoms with Gasteiger partial charge in [-0.2, -0.15) is 0 Å². The van der Waals surface area contributed by atoms with Gasteiger partial charge in [0.15, 0.2) is 0 Å². The molecule has 0 unspecified atom stereocenters. The predicted molar refractivity (Wildman–Crippen MR) is 168 cm³/mol. The lowest BCUT2D eigenvalue weighted by Gasteiger charge is -2.30. The normalized spacial score (nSPS) is 13.5. The topological polar surface area (TPSA) is 36.9 Å². The largest absolute Gasteiger partial charge is 0.413 e. The molecule has 0 amide bonds. The van der Waals surface area contributed by atoms with E-state index in [2.05, 4.69) is 0 Å². The Kier molecular flexibility index (Phi) is 12.6. The average molecular weight is 545 g/mol. The number of hydrogen-bond donors (Lipinski definition) is 0. The molecule has 0 saturated carbocycles. The lowest BCUT2D eigenvalue weighted by molar-refractivity contribution is -0.490. The number of benzene rings is 4. The molecule has 0 aromatic heterocycles. The van der Waals surface area contributed by atoms with Crippen LogP contribution in [-0.4, -0.2) is 32.6 Å². The van der Waals surface area contributed by atoms with E-state index in [0.29, 0.717) is 0 Å². The second-order valence-corrected chi connectivity index (χ2v) is 9.00. The van der Waals surface area contributed by atoms with Gasteiger partial charge in [0.1, 0.15) is 0 Å². The van der Waals surface area contributed by atoms with Crippen molar-refractivity contribution < 1.29 is 18.9 Å². The van der Waals surface area contributed by atoms with Crippen LogP contribution in [0.5, 0.6) is 0 Å². The summed E-state index contributed by atoms with van der Waals surface area (Å²) in [4.78, 5) is 0. The van der Waals surface area contributed by atoms with Crippen LogP contribution in [0.15, 0.2) is 146 Å². The van der Waals surface area contributed by atoms with Crippen molar-refractivity contribution >= 4 is 24.3 Å². The maximum atomic E-state index is 6.15. The lowest BCUT2D eigenvalue weighted by Crippen LogP contribution is -2.42. The minimum Gasteiger partial charge on any atom is -0.299 e. The summed E-state index contributed by atoms with van der Waals surface area (Å²) in [5.74, 6) is 0. The van der Waals surface area contributed by atoms with Gasteiger partial charge in [-0.3, -0.25) is 18.9 Å². The molecule has 0 spiro atoms. The second kappa shape index (κ2) is 17.4. The molecule has 41 heavy (non-hydrogen) atoms. The predicted octanol–water partition coefficient (Wildman–Crippen LogP) is 8.52. The van der Waals surface area contributed by atoms with Crippen LogP contribution < -0.4 is 0 Å². The molecular formula is C37H36O4. The Morgan fingerprint density at radius 2 is 0.561 bits per heavy atom. The summed E-state index contributed by atoms with van der Waals surface area (Å²) in [6, 6.07) is 40.2. The van der Waals surface area contributed by atoms with Gasteiger partial charge < -0.3 is 0 Å². The van der Waals surface area contributed by atoms with Gasteiger partial charge in [0.25, 0.3) is 0 Å². The van der Waals surface area contributed by atoms with Crippen LogP contribution >= 0.6 is 0 Å². The van der Waals surface area contributed by atoms with Gasteiger partial charge in [-0.25, -0.2) is 0 Å². The zero-order valence-corrected chi connectivity index (χ0v) is 23.1. The molecule has 0 aliphatic heterocycles. The van der Waals surface area contributed by atoms with E-state index in [4.69, 9.17) is 18.9 Å². The molecule has 0 bridgehead atoms. The summed E-state index contributed by atoms with van der Waals surface area (Å²) in [7, 11) is 0. The SMILES string of the molecule is C(=Cc1ccccc1)COC(OCC=Cc1ccccc1)(OCC=Cc1ccccc1)OCC=Cc1ccccc1. The third-order valence-corrected chi connectivity index (χ3v) is 5.86. The molecule has 0 fully saturated rings. The molecule has 208 valence electrons. The first-order valence-corrected chi connectivity index (χ1v) is 13.7. The van der Waals surface area contributed by atoms with Crippen molar-refractivity contribution in [1.82, 2.24) is 0 Å². The van der Waals surface area contributed by atoms with E-state index < -0.39 is 6.16 Å². The molecule has 0 radical (unpaired) electrons. The first kappa shape index (κ1) is 29.7. The van der Waals surface area contributed by atoms with Crippen LogP contribution in [0.1, 0.15) is 22.3 Å². The minimum atomic E-state index is -1.72. The number of rotatable bonds is 16. The van der Waals surface area contributed by atoms with Crippen molar-refractivity contribution in [3.05, 3.63) is 168 Å². The third-order valence-electron chi connectivity index (χ3n) is 5.86. The first-order valence-electron chi connectivity index (χ1n) is 13.7. The van der Waals surface area contributed by atoms with Gasteiger partial charge in [-0.1, -0.05) is 170 Å². The zero-order valence-electron chi connectivity index (χ0n) is 23.1.